The molecule has 2 heterocycles. The van der Waals surface area contributed by atoms with Gasteiger partial charge in [-0.05, 0) is 30.4 Å². The highest BCUT2D eigenvalue weighted by molar-refractivity contribution is 7.99. The third-order valence-electron chi connectivity index (χ3n) is 3.33. The van der Waals surface area contributed by atoms with Gasteiger partial charge in [-0.25, -0.2) is 0 Å². The average Bonchev–Trinajstić information content (AvgIpc) is 2.20. The fraction of sp³-hybridized carbons (Fsp3) is 0.917. The van der Waals surface area contributed by atoms with Crippen LogP contribution in [0.1, 0.15) is 33.1 Å². The number of nitrogens with one attached hydrogen (secondary N) is 2. The molecule has 2 aliphatic heterocycles. The van der Waals surface area contributed by atoms with Crippen LogP contribution in [0.25, 0.3) is 0 Å². The summed E-state index contributed by atoms with van der Waals surface area (Å²) in [7, 11) is 0. The molecule has 0 aromatic carbocycles. The van der Waals surface area contributed by atoms with Crippen LogP contribution in [0, 0.1) is 5.41 Å². The van der Waals surface area contributed by atoms with Crippen LogP contribution in [0.15, 0.2) is 0 Å². The fourth-order valence-electron chi connectivity index (χ4n) is 2.59. The van der Waals surface area contributed by atoms with Crippen LogP contribution in [0.3, 0.4) is 0 Å². The Bertz CT molecular complexity index is 268. The monoisotopic (exact) mass is 242 g/mol. The molecule has 0 aromatic heterocycles. The van der Waals surface area contributed by atoms with Gasteiger partial charge in [0, 0.05) is 18.3 Å². The van der Waals surface area contributed by atoms with Crippen molar-refractivity contribution in [2.24, 2.45) is 5.41 Å². The molecule has 2 rings (SSSR count). The molecule has 2 unspecified atom stereocenters. The SMILES string of the molecule is CC1(C)CSCC(NC2CCCNC2=O)C1. The number of carbonyl (C=O) groups excluding carboxylic acids is 1. The van der Waals surface area contributed by atoms with E-state index in [1.807, 2.05) is 11.8 Å². The average molecular weight is 242 g/mol. The molecule has 1 amide bonds. The summed E-state index contributed by atoms with van der Waals surface area (Å²) in [5, 5.41) is 6.46. The fourth-order valence-corrected chi connectivity index (χ4v) is 3.87. The van der Waals surface area contributed by atoms with Crippen molar-refractivity contribution >= 4 is 17.7 Å². The van der Waals surface area contributed by atoms with Gasteiger partial charge in [-0.2, -0.15) is 11.8 Å². The molecule has 16 heavy (non-hydrogen) atoms. The number of hydrogen-bond donors (Lipinski definition) is 2. The van der Waals surface area contributed by atoms with Gasteiger partial charge < -0.3 is 10.6 Å². The number of thioether (sulfide) groups is 1. The van der Waals surface area contributed by atoms with Gasteiger partial charge in [-0.3, -0.25) is 4.79 Å². The van der Waals surface area contributed by atoms with Crippen LogP contribution in [-0.4, -0.2) is 36.0 Å². The minimum Gasteiger partial charge on any atom is -0.355 e. The Morgan fingerprint density at radius 1 is 1.50 bits per heavy atom. The van der Waals surface area contributed by atoms with Crippen molar-refractivity contribution in [2.75, 3.05) is 18.1 Å². The minimum absolute atomic E-state index is 0.0493. The highest BCUT2D eigenvalue weighted by atomic mass is 32.2. The summed E-state index contributed by atoms with van der Waals surface area (Å²) in [4.78, 5) is 11.6. The number of carbonyl (C=O) groups is 1. The quantitative estimate of drug-likeness (QED) is 0.769. The highest BCUT2D eigenvalue weighted by Gasteiger charge is 2.31. The van der Waals surface area contributed by atoms with Crippen LogP contribution in [0.5, 0.6) is 0 Å². The number of rotatable bonds is 2. The maximum absolute atomic E-state index is 11.6. The van der Waals surface area contributed by atoms with E-state index < -0.39 is 0 Å². The normalized spacial score (nSPS) is 34.5. The van der Waals surface area contributed by atoms with E-state index in [9.17, 15) is 4.79 Å². The summed E-state index contributed by atoms with van der Waals surface area (Å²) in [5.74, 6) is 2.58. The van der Waals surface area contributed by atoms with Gasteiger partial charge in [0.2, 0.25) is 5.91 Å². The molecule has 4 heteroatoms. The standard InChI is InChI=1S/C12H22N2OS/c1-12(2)6-9(7-16-8-12)14-10-4-3-5-13-11(10)15/h9-10,14H,3-8H2,1-2H3,(H,13,15). The Morgan fingerprint density at radius 3 is 3.00 bits per heavy atom. The summed E-state index contributed by atoms with van der Waals surface area (Å²) < 4.78 is 0. The first kappa shape index (κ1) is 12.2. The zero-order valence-electron chi connectivity index (χ0n) is 10.2. The van der Waals surface area contributed by atoms with Crippen LogP contribution >= 0.6 is 11.8 Å². The summed E-state index contributed by atoms with van der Waals surface area (Å²) in [6.45, 7) is 5.48. The first-order valence-electron chi connectivity index (χ1n) is 6.18. The van der Waals surface area contributed by atoms with Crippen LogP contribution in [0.2, 0.25) is 0 Å². The summed E-state index contributed by atoms with van der Waals surface area (Å²) in [5.41, 5.74) is 0.408. The lowest BCUT2D eigenvalue weighted by Crippen LogP contribution is -2.53. The van der Waals surface area contributed by atoms with E-state index in [0.717, 1.165) is 25.1 Å². The molecule has 92 valence electrons. The predicted octanol–water partition coefficient (Wildman–Crippen LogP) is 1.39. The number of hydrogen-bond acceptors (Lipinski definition) is 3. The number of piperidine rings is 1. The Labute approximate surface area is 102 Å². The van der Waals surface area contributed by atoms with Crippen molar-refractivity contribution in [3.05, 3.63) is 0 Å². The van der Waals surface area contributed by atoms with E-state index in [1.54, 1.807) is 0 Å². The van der Waals surface area contributed by atoms with Crippen molar-refractivity contribution in [1.29, 1.82) is 0 Å². The van der Waals surface area contributed by atoms with Crippen molar-refractivity contribution < 1.29 is 4.79 Å². The van der Waals surface area contributed by atoms with Crippen LogP contribution in [0.4, 0.5) is 0 Å². The zero-order valence-corrected chi connectivity index (χ0v) is 11.0. The Morgan fingerprint density at radius 2 is 2.31 bits per heavy atom. The summed E-state index contributed by atoms with van der Waals surface area (Å²) in [6.07, 6.45) is 3.28. The van der Waals surface area contributed by atoms with Crippen molar-refractivity contribution in [2.45, 2.75) is 45.2 Å². The molecule has 2 fully saturated rings. The molecule has 3 nitrogen and oxygen atoms in total. The second-order valence-corrected chi connectivity index (χ2v) is 6.76. The molecule has 2 aliphatic rings. The maximum atomic E-state index is 11.6. The Balaban J connectivity index is 1.86. The molecule has 0 radical (unpaired) electrons. The lowest BCUT2D eigenvalue weighted by molar-refractivity contribution is -0.124. The third-order valence-corrected chi connectivity index (χ3v) is 4.96. The van der Waals surface area contributed by atoms with E-state index in [-0.39, 0.29) is 11.9 Å². The van der Waals surface area contributed by atoms with E-state index in [0.29, 0.717) is 11.5 Å². The van der Waals surface area contributed by atoms with Gasteiger partial charge >= 0.3 is 0 Å². The molecule has 0 spiro atoms. The molecule has 0 aromatic rings. The van der Waals surface area contributed by atoms with Crippen molar-refractivity contribution in [3.63, 3.8) is 0 Å². The van der Waals surface area contributed by atoms with Gasteiger partial charge in [0.1, 0.15) is 0 Å². The molecule has 2 saturated heterocycles. The molecule has 2 N–H and O–H groups in total. The van der Waals surface area contributed by atoms with E-state index in [4.69, 9.17) is 0 Å². The van der Waals surface area contributed by atoms with Gasteiger partial charge in [0.15, 0.2) is 0 Å². The number of amides is 1. The van der Waals surface area contributed by atoms with E-state index in [1.165, 1.54) is 12.2 Å². The molecule has 0 saturated carbocycles. The Hall–Kier alpha value is -0.220. The largest absolute Gasteiger partial charge is 0.355 e. The first-order chi connectivity index (χ1) is 7.57. The predicted molar refractivity (Wildman–Crippen MR) is 68.7 cm³/mol. The van der Waals surface area contributed by atoms with E-state index in [2.05, 4.69) is 24.5 Å². The highest BCUT2D eigenvalue weighted by Crippen LogP contribution is 2.33. The van der Waals surface area contributed by atoms with Gasteiger partial charge in [0.05, 0.1) is 6.04 Å². The van der Waals surface area contributed by atoms with Crippen LogP contribution < -0.4 is 10.6 Å². The Kier molecular flexibility index (Phi) is 3.80. The lowest BCUT2D eigenvalue weighted by Gasteiger charge is -2.37. The molecule has 0 aliphatic carbocycles. The minimum atomic E-state index is 0.0493. The molecule has 0 bridgehead atoms. The van der Waals surface area contributed by atoms with Crippen molar-refractivity contribution in [3.8, 4) is 0 Å². The van der Waals surface area contributed by atoms with Gasteiger partial charge in [-0.1, -0.05) is 13.8 Å². The molecular formula is C12H22N2OS. The smallest absolute Gasteiger partial charge is 0.237 e. The van der Waals surface area contributed by atoms with Crippen LogP contribution in [-0.2, 0) is 4.79 Å². The molecular weight excluding hydrogens is 220 g/mol. The third kappa shape index (κ3) is 3.14. The van der Waals surface area contributed by atoms with Crippen molar-refractivity contribution in [1.82, 2.24) is 10.6 Å². The molecule has 2 atom stereocenters. The van der Waals surface area contributed by atoms with E-state index >= 15 is 0 Å². The summed E-state index contributed by atoms with van der Waals surface area (Å²) >= 11 is 2.01. The van der Waals surface area contributed by atoms with Gasteiger partial charge in [0.25, 0.3) is 0 Å². The lowest BCUT2D eigenvalue weighted by atomic mass is 9.87. The topological polar surface area (TPSA) is 41.1 Å². The zero-order chi connectivity index (χ0) is 11.6. The summed E-state index contributed by atoms with van der Waals surface area (Å²) in [6, 6.07) is 0.552. The van der Waals surface area contributed by atoms with Gasteiger partial charge in [-0.15, -0.1) is 0 Å². The first-order valence-corrected chi connectivity index (χ1v) is 7.34. The second kappa shape index (κ2) is 4.96. The second-order valence-electron chi connectivity index (χ2n) is 5.73. The maximum Gasteiger partial charge on any atom is 0.237 e.